The van der Waals surface area contributed by atoms with Crippen molar-refractivity contribution in [1.82, 2.24) is 0 Å². The van der Waals surface area contributed by atoms with Gasteiger partial charge in [0.1, 0.15) is 0 Å². The number of aliphatic hydroxyl groups excluding tert-OH is 1. The van der Waals surface area contributed by atoms with E-state index in [1.807, 2.05) is 0 Å². The lowest BCUT2D eigenvalue weighted by atomic mass is 9.90. The molecule has 1 saturated carbocycles. The summed E-state index contributed by atoms with van der Waals surface area (Å²) in [4.78, 5) is 0. The van der Waals surface area contributed by atoms with Crippen molar-refractivity contribution in [2.24, 2.45) is 11.8 Å². The second-order valence-corrected chi connectivity index (χ2v) is 3.80. The summed E-state index contributed by atoms with van der Waals surface area (Å²) in [6.45, 7) is 0.331. The molecule has 0 bridgehead atoms. The zero-order valence-corrected chi connectivity index (χ0v) is 7.69. The fraction of sp³-hybridized carbons (Fsp3) is 1.00. The van der Waals surface area contributed by atoms with Gasteiger partial charge in [-0.15, -0.1) is 11.6 Å². The topological polar surface area (TPSA) is 20.2 Å². The average molecular weight is 177 g/mol. The molecule has 0 spiro atoms. The Balaban J connectivity index is 2.41. The van der Waals surface area contributed by atoms with Crippen LogP contribution in [-0.4, -0.2) is 17.6 Å². The lowest BCUT2D eigenvalue weighted by Crippen LogP contribution is -2.18. The van der Waals surface area contributed by atoms with Gasteiger partial charge in [0.15, 0.2) is 0 Å². The normalized spacial score (nSPS) is 33.3. The van der Waals surface area contributed by atoms with E-state index in [2.05, 4.69) is 0 Å². The number of hydrogen-bond acceptors (Lipinski definition) is 1. The predicted molar refractivity (Wildman–Crippen MR) is 47.9 cm³/mol. The van der Waals surface area contributed by atoms with E-state index in [1.165, 1.54) is 32.1 Å². The van der Waals surface area contributed by atoms with E-state index in [0.717, 1.165) is 5.88 Å². The maximum Gasteiger partial charge on any atom is 0.0462 e. The molecule has 11 heavy (non-hydrogen) atoms. The third-order valence-corrected chi connectivity index (χ3v) is 3.15. The molecule has 0 aromatic carbocycles. The molecule has 0 radical (unpaired) electrons. The van der Waals surface area contributed by atoms with Gasteiger partial charge in [-0.25, -0.2) is 0 Å². The Bertz CT molecular complexity index is 93.7. The molecule has 66 valence electrons. The minimum Gasteiger partial charge on any atom is -0.396 e. The highest BCUT2D eigenvalue weighted by Crippen LogP contribution is 2.29. The van der Waals surface area contributed by atoms with Gasteiger partial charge in [0.25, 0.3) is 0 Å². The summed E-state index contributed by atoms with van der Waals surface area (Å²) >= 11 is 5.82. The molecule has 1 aliphatic carbocycles. The van der Waals surface area contributed by atoms with E-state index < -0.39 is 0 Å². The predicted octanol–water partition coefficient (Wildman–Crippen LogP) is 2.41. The minimum atomic E-state index is 0.331. The van der Waals surface area contributed by atoms with Crippen LogP contribution in [0.2, 0.25) is 0 Å². The van der Waals surface area contributed by atoms with Crippen LogP contribution < -0.4 is 0 Å². The molecular formula is C9H17ClO. The Labute approximate surface area is 73.8 Å². The average Bonchev–Trinajstić information content (AvgIpc) is 2.27. The van der Waals surface area contributed by atoms with Crippen LogP contribution in [0.15, 0.2) is 0 Å². The summed E-state index contributed by atoms with van der Waals surface area (Å²) in [5.41, 5.74) is 0. The highest BCUT2D eigenvalue weighted by Gasteiger charge is 2.21. The standard InChI is InChI=1S/C9H17ClO/c10-6-8-4-2-1-3-5-9(8)7-11/h8-9,11H,1-7H2/t8-,9-/m0/s1. The first-order valence-corrected chi connectivity index (χ1v) is 5.08. The molecule has 0 unspecified atom stereocenters. The molecule has 0 amide bonds. The number of aliphatic hydroxyl groups is 1. The maximum absolute atomic E-state index is 9.06. The Morgan fingerprint density at radius 1 is 1.09 bits per heavy atom. The molecule has 1 aliphatic rings. The van der Waals surface area contributed by atoms with E-state index in [1.54, 1.807) is 0 Å². The third kappa shape index (κ3) is 2.64. The van der Waals surface area contributed by atoms with Crippen LogP contribution in [0.4, 0.5) is 0 Å². The first kappa shape index (κ1) is 9.34. The molecule has 1 rings (SSSR count). The van der Waals surface area contributed by atoms with E-state index in [9.17, 15) is 0 Å². The molecule has 0 saturated heterocycles. The highest BCUT2D eigenvalue weighted by atomic mass is 35.5. The zero-order valence-electron chi connectivity index (χ0n) is 6.93. The van der Waals surface area contributed by atoms with Crippen molar-refractivity contribution in [2.75, 3.05) is 12.5 Å². The van der Waals surface area contributed by atoms with Crippen LogP contribution in [0, 0.1) is 11.8 Å². The Kier molecular flexibility index (Phi) is 4.24. The fourth-order valence-electron chi connectivity index (χ4n) is 1.90. The van der Waals surface area contributed by atoms with Gasteiger partial charge in [0, 0.05) is 12.5 Å². The van der Waals surface area contributed by atoms with Crippen molar-refractivity contribution in [3.05, 3.63) is 0 Å². The summed E-state index contributed by atoms with van der Waals surface area (Å²) in [5, 5.41) is 9.06. The number of rotatable bonds is 2. The minimum absolute atomic E-state index is 0.331. The van der Waals surface area contributed by atoms with Gasteiger partial charge in [-0.05, 0) is 24.7 Å². The van der Waals surface area contributed by atoms with E-state index in [0.29, 0.717) is 18.4 Å². The smallest absolute Gasteiger partial charge is 0.0462 e. The van der Waals surface area contributed by atoms with Crippen molar-refractivity contribution in [1.29, 1.82) is 0 Å². The lowest BCUT2D eigenvalue weighted by Gasteiger charge is -2.20. The largest absolute Gasteiger partial charge is 0.396 e. The maximum atomic E-state index is 9.06. The summed E-state index contributed by atoms with van der Waals surface area (Å²) in [5.74, 6) is 1.78. The monoisotopic (exact) mass is 176 g/mol. The third-order valence-electron chi connectivity index (χ3n) is 2.75. The van der Waals surface area contributed by atoms with Gasteiger partial charge in [-0.3, -0.25) is 0 Å². The molecule has 1 fully saturated rings. The van der Waals surface area contributed by atoms with Gasteiger partial charge in [0.2, 0.25) is 0 Å². The molecule has 0 aromatic rings. The molecule has 0 aromatic heterocycles. The second kappa shape index (κ2) is 5.00. The molecule has 0 aliphatic heterocycles. The van der Waals surface area contributed by atoms with Gasteiger partial charge >= 0.3 is 0 Å². The Morgan fingerprint density at radius 2 is 1.73 bits per heavy atom. The number of halogens is 1. The van der Waals surface area contributed by atoms with E-state index in [4.69, 9.17) is 16.7 Å². The zero-order chi connectivity index (χ0) is 8.10. The number of hydrogen-bond donors (Lipinski definition) is 1. The van der Waals surface area contributed by atoms with Crippen LogP contribution >= 0.6 is 11.6 Å². The molecule has 1 N–H and O–H groups in total. The second-order valence-electron chi connectivity index (χ2n) is 3.50. The van der Waals surface area contributed by atoms with Crippen molar-refractivity contribution < 1.29 is 5.11 Å². The summed E-state index contributed by atoms with van der Waals surface area (Å²) in [6, 6.07) is 0. The van der Waals surface area contributed by atoms with Crippen LogP contribution in [0.5, 0.6) is 0 Å². The van der Waals surface area contributed by atoms with E-state index in [-0.39, 0.29) is 0 Å². The summed E-state index contributed by atoms with van der Waals surface area (Å²) in [6.07, 6.45) is 6.29. The van der Waals surface area contributed by atoms with Crippen LogP contribution in [0.3, 0.4) is 0 Å². The first-order chi connectivity index (χ1) is 5.38. The Hall–Kier alpha value is 0.250. The van der Waals surface area contributed by atoms with Crippen molar-refractivity contribution >= 4 is 11.6 Å². The number of alkyl halides is 1. The Morgan fingerprint density at radius 3 is 2.27 bits per heavy atom. The quantitative estimate of drug-likeness (QED) is 0.506. The first-order valence-electron chi connectivity index (χ1n) is 4.55. The van der Waals surface area contributed by atoms with Gasteiger partial charge in [-0.1, -0.05) is 19.3 Å². The van der Waals surface area contributed by atoms with Crippen LogP contribution in [0.1, 0.15) is 32.1 Å². The van der Waals surface area contributed by atoms with Gasteiger partial charge in [-0.2, -0.15) is 0 Å². The van der Waals surface area contributed by atoms with Crippen molar-refractivity contribution in [3.8, 4) is 0 Å². The van der Waals surface area contributed by atoms with Crippen molar-refractivity contribution in [2.45, 2.75) is 32.1 Å². The summed E-state index contributed by atoms with van der Waals surface area (Å²) < 4.78 is 0. The summed E-state index contributed by atoms with van der Waals surface area (Å²) in [7, 11) is 0. The SMILES string of the molecule is OC[C@@H]1CCCCC[C@H]1CCl. The van der Waals surface area contributed by atoms with Crippen LogP contribution in [-0.2, 0) is 0 Å². The highest BCUT2D eigenvalue weighted by molar-refractivity contribution is 6.18. The molecular weight excluding hydrogens is 160 g/mol. The van der Waals surface area contributed by atoms with Gasteiger partial charge in [0.05, 0.1) is 0 Å². The van der Waals surface area contributed by atoms with E-state index >= 15 is 0 Å². The van der Waals surface area contributed by atoms with Gasteiger partial charge < -0.3 is 5.11 Å². The molecule has 1 nitrogen and oxygen atoms in total. The van der Waals surface area contributed by atoms with Crippen LogP contribution in [0.25, 0.3) is 0 Å². The lowest BCUT2D eigenvalue weighted by molar-refractivity contribution is 0.177. The van der Waals surface area contributed by atoms with Crippen molar-refractivity contribution in [3.63, 3.8) is 0 Å². The molecule has 2 atom stereocenters. The fourth-order valence-corrected chi connectivity index (χ4v) is 2.31. The molecule has 0 heterocycles. The molecule has 2 heteroatoms.